The van der Waals surface area contributed by atoms with Crippen LogP contribution in [0.2, 0.25) is 0 Å². The van der Waals surface area contributed by atoms with Crippen molar-refractivity contribution in [2.24, 2.45) is 5.10 Å². The van der Waals surface area contributed by atoms with Crippen LogP contribution in [-0.4, -0.2) is 18.7 Å². The maximum Gasteiger partial charge on any atom is 0.271 e. The average Bonchev–Trinajstić information content (AvgIpc) is 2.66. The molecule has 0 saturated heterocycles. The number of hydrogen-bond acceptors (Lipinski definition) is 3. The van der Waals surface area contributed by atoms with E-state index in [0.29, 0.717) is 5.56 Å². The second kappa shape index (κ2) is 11.5. The van der Waals surface area contributed by atoms with Crippen molar-refractivity contribution in [3.63, 3.8) is 0 Å². The van der Waals surface area contributed by atoms with Crippen molar-refractivity contribution in [3.8, 4) is 5.75 Å². The maximum absolute atomic E-state index is 12.0. The molecule has 2 rings (SSSR count). The number of nitrogens with zero attached hydrogens (tertiary/aromatic N) is 1. The summed E-state index contributed by atoms with van der Waals surface area (Å²) in [5, 5.41) is 4.00. The molecule has 0 aromatic heterocycles. The Labute approximate surface area is 163 Å². The van der Waals surface area contributed by atoms with Gasteiger partial charge in [0.15, 0.2) is 0 Å². The molecule has 5 heteroatoms. The number of halogens is 1. The SMILES string of the molecule is CCCCCCCOc1ccc(C=NNC(=O)c2ccc(Br)cc2)cc1. The zero-order valence-electron chi connectivity index (χ0n) is 15.1. The van der Waals surface area contributed by atoms with E-state index in [0.717, 1.165) is 28.8 Å². The molecule has 0 heterocycles. The molecule has 0 aliphatic carbocycles. The zero-order valence-corrected chi connectivity index (χ0v) is 16.7. The van der Waals surface area contributed by atoms with Gasteiger partial charge >= 0.3 is 0 Å². The first-order valence-electron chi connectivity index (χ1n) is 9.01. The van der Waals surface area contributed by atoms with Crippen molar-refractivity contribution < 1.29 is 9.53 Å². The van der Waals surface area contributed by atoms with Gasteiger partial charge in [-0.15, -0.1) is 0 Å². The number of benzene rings is 2. The van der Waals surface area contributed by atoms with E-state index in [1.807, 2.05) is 36.4 Å². The number of hydrazone groups is 1. The Morgan fingerprint density at radius 2 is 1.73 bits per heavy atom. The fourth-order valence-corrected chi connectivity index (χ4v) is 2.64. The Kier molecular flexibility index (Phi) is 8.90. The molecule has 0 radical (unpaired) electrons. The van der Waals surface area contributed by atoms with Crippen LogP contribution in [0.3, 0.4) is 0 Å². The third kappa shape index (κ3) is 7.40. The minimum atomic E-state index is -0.239. The third-order valence-corrected chi connectivity index (χ3v) is 4.41. The number of amides is 1. The first-order chi connectivity index (χ1) is 12.7. The van der Waals surface area contributed by atoms with E-state index in [1.165, 1.54) is 25.7 Å². The lowest BCUT2D eigenvalue weighted by atomic mass is 10.2. The minimum Gasteiger partial charge on any atom is -0.494 e. The fraction of sp³-hybridized carbons (Fsp3) is 0.333. The molecule has 0 aliphatic heterocycles. The highest BCUT2D eigenvalue weighted by Crippen LogP contribution is 2.13. The number of carbonyl (C=O) groups is 1. The Morgan fingerprint density at radius 3 is 2.42 bits per heavy atom. The van der Waals surface area contributed by atoms with Crippen molar-refractivity contribution >= 4 is 28.1 Å². The van der Waals surface area contributed by atoms with Crippen LogP contribution in [0.25, 0.3) is 0 Å². The first kappa shape index (κ1) is 20.2. The Balaban J connectivity index is 1.73. The quantitative estimate of drug-likeness (QED) is 0.313. The van der Waals surface area contributed by atoms with Gasteiger partial charge in [-0.05, 0) is 60.5 Å². The number of ether oxygens (including phenoxy) is 1. The lowest BCUT2D eigenvalue weighted by molar-refractivity contribution is 0.0955. The van der Waals surface area contributed by atoms with Gasteiger partial charge in [0.1, 0.15) is 5.75 Å². The van der Waals surface area contributed by atoms with Crippen LogP contribution in [0.1, 0.15) is 54.9 Å². The summed E-state index contributed by atoms with van der Waals surface area (Å²) in [7, 11) is 0. The molecular formula is C21H25BrN2O2. The molecule has 0 saturated carbocycles. The molecule has 26 heavy (non-hydrogen) atoms. The Hall–Kier alpha value is -2.14. The van der Waals surface area contributed by atoms with E-state index in [-0.39, 0.29) is 5.91 Å². The van der Waals surface area contributed by atoms with E-state index in [2.05, 4.69) is 33.4 Å². The molecule has 1 amide bonds. The van der Waals surface area contributed by atoms with Crippen LogP contribution >= 0.6 is 15.9 Å². The van der Waals surface area contributed by atoms with Crippen LogP contribution in [0.5, 0.6) is 5.75 Å². The Bertz CT molecular complexity index is 697. The average molecular weight is 417 g/mol. The second-order valence-electron chi connectivity index (χ2n) is 6.04. The molecule has 1 N–H and O–H groups in total. The molecule has 2 aromatic rings. The van der Waals surface area contributed by atoms with Crippen molar-refractivity contribution in [2.75, 3.05) is 6.61 Å². The van der Waals surface area contributed by atoms with Crippen molar-refractivity contribution in [2.45, 2.75) is 39.0 Å². The number of carbonyl (C=O) groups excluding carboxylic acids is 1. The van der Waals surface area contributed by atoms with Gasteiger partial charge in [-0.25, -0.2) is 5.43 Å². The van der Waals surface area contributed by atoms with Crippen molar-refractivity contribution in [1.82, 2.24) is 5.43 Å². The van der Waals surface area contributed by atoms with Crippen LogP contribution in [0, 0.1) is 0 Å². The largest absolute Gasteiger partial charge is 0.494 e. The van der Waals surface area contributed by atoms with Gasteiger partial charge in [0.2, 0.25) is 0 Å². The van der Waals surface area contributed by atoms with Gasteiger partial charge in [0, 0.05) is 10.0 Å². The topological polar surface area (TPSA) is 50.7 Å². The monoisotopic (exact) mass is 416 g/mol. The molecule has 4 nitrogen and oxygen atoms in total. The van der Waals surface area contributed by atoms with Crippen LogP contribution in [0.4, 0.5) is 0 Å². The van der Waals surface area contributed by atoms with Gasteiger partial charge < -0.3 is 4.74 Å². The molecule has 0 atom stereocenters. The van der Waals surface area contributed by atoms with Gasteiger partial charge in [-0.3, -0.25) is 4.79 Å². The summed E-state index contributed by atoms with van der Waals surface area (Å²) in [6, 6.07) is 14.8. The van der Waals surface area contributed by atoms with E-state index in [9.17, 15) is 4.79 Å². The van der Waals surface area contributed by atoms with Crippen molar-refractivity contribution in [3.05, 3.63) is 64.1 Å². The summed E-state index contributed by atoms with van der Waals surface area (Å²) in [4.78, 5) is 12.0. The molecule has 138 valence electrons. The minimum absolute atomic E-state index is 0.239. The summed E-state index contributed by atoms with van der Waals surface area (Å²) >= 11 is 3.34. The van der Waals surface area contributed by atoms with Gasteiger partial charge in [-0.1, -0.05) is 48.5 Å². The van der Waals surface area contributed by atoms with E-state index in [4.69, 9.17) is 4.74 Å². The summed E-state index contributed by atoms with van der Waals surface area (Å²) in [6.07, 6.45) is 7.76. The zero-order chi connectivity index (χ0) is 18.6. The summed E-state index contributed by atoms with van der Waals surface area (Å²) in [6.45, 7) is 2.97. The molecule has 0 fully saturated rings. The first-order valence-corrected chi connectivity index (χ1v) is 9.80. The predicted octanol–water partition coefficient (Wildman–Crippen LogP) is 5.56. The fourth-order valence-electron chi connectivity index (χ4n) is 2.38. The van der Waals surface area contributed by atoms with Gasteiger partial charge in [-0.2, -0.15) is 5.10 Å². The van der Waals surface area contributed by atoms with E-state index >= 15 is 0 Å². The van der Waals surface area contributed by atoms with Crippen molar-refractivity contribution in [1.29, 1.82) is 0 Å². The molecule has 0 bridgehead atoms. The summed E-state index contributed by atoms with van der Waals surface area (Å²) in [5.74, 6) is 0.619. The lowest BCUT2D eigenvalue weighted by Crippen LogP contribution is -2.17. The molecule has 0 spiro atoms. The maximum atomic E-state index is 12.0. The molecule has 0 aliphatic rings. The smallest absolute Gasteiger partial charge is 0.271 e. The van der Waals surface area contributed by atoms with E-state index < -0.39 is 0 Å². The normalized spacial score (nSPS) is 10.8. The number of hydrogen-bond donors (Lipinski definition) is 1. The highest BCUT2D eigenvalue weighted by Gasteiger charge is 2.03. The highest BCUT2D eigenvalue weighted by atomic mass is 79.9. The highest BCUT2D eigenvalue weighted by molar-refractivity contribution is 9.10. The number of unbranched alkanes of at least 4 members (excludes halogenated alkanes) is 4. The standard InChI is InChI=1S/C21H25BrN2O2/c1-2-3-4-5-6-15-26-20-13-7-17(8-14-20)16-23-24-21(25)18-9-11-19(22)12-10-18/h7-14,16H,2-6,15H2,1H3,(H,24,25). The van der Waals surface area contributed by atoms with Gasteiger partial charge in [0.25, 0.3) is 5.91 Å². The number of rotatable bonds is 10. The third-order valence-electron chi connectivity index (χ3n) is 3.88. The second-order valence-corrected chi connectivity index (χ2v) is 6.95. The van der Waals surface area contributed by atoms with Crippen LogP contribution in [-0.2, 0) is 0 Å². The summed E-state index contributed by atoms with van der Waals surface area (Å²) < 4.78 is 6.66. The Morgan fingerprint density at radius 1 is 1.04 bits per heavy atom. The lowest BCUT2D eigenvalue weighted by Gasteiger charge is -2.06. The van der Waals surface area contributed by atoms with Crippen LogP contribution in [0.15, 0.2) is 58.1 Å². The van der Waals surface area contributed by atoms with E-state index in [1.54, 1.807) is 18.3 Å². The molecule has 0 unspecified atom stereocenters. The molecular weight excluding hydrogens is 392 g/mol. The number of nitrogens with one attached hydrogen (secondary N) is 1. The molecule has 2 aromatic carbocycles. The summed E-state index contributed by atoms with van der Waals surface area (Å²) in [5.41, 5.74) is 3.99. The van der Waals surface area contributed by atoms with Gasteiger partial charge in [0.05, 0.1) is 12.8 Å². The van der Waals surface area contributed by atoms with Crippen LogP contribution < -0.4 is 10.2 Å². The predicted molar refractivity (Wildman–Crippen MR) is 110 cm³/mol.